The Bertz CT molecular complexity index is 970. The molecule has 8 heteroatoms. The lowest BCUT2D eigenvalue weighted by Gasteiger charge is -2.26. The molecule has 3 aliphatic carbocycles. The summed E-state index contributed by atoms with van der Waals surface area (Å²) in [6, 6.07) is 5.20. The third kappa shape index (κ3) is 5.14. The fourth-order valence-corrected chi connectivity index (χ4v) is 3.69. The molecule has 0 unspecified atom stereocenters. The minimum Gasteiger partial charge on any atom is -0.488 e. The number of aliphatic hydroxyl groups excluding tert-OH is 1. The second-order valence-electron chi connectivity index (χ2n) is 8.39. The zero-order chi connectivity index (χ0) is 22.0. The van der Waals surface area contributed by atoms with Crippen molar-refractivity contribution in [3.8, 4) is 0 Å². The molecule has 3 aliphatic rings. The number of rotatable bonds is 6. The number of aliphatic hydroxyl groups is 1. The molecular formula is C23H29N4O4+. The summed E-state index contributed by atoms with van der Waals surface area (Å²) < 4.78 is 6.77. The van der Waals surface area contributed by atoms with Crippen molar-refractivity contribution in [2.75, 3.05) is 0 Å². The lowest BCUT2D eigenvalue weighted by atomic mass is 9.93. The van der Waals surface area contributed by atoms with Crippen molar-refractivity contribution >= 4 is 11.6 Å². The molecule has 2 saturated carbocycles. The average Bonchev–Trinajstić information content (AvgIpc) is 3.56. The SMILES string of the molecule is Cc1cccc(C(=O)NC2=C/C(=C/N[C@H]3CC[C@H](O)CC3)C(=N)C=C2OC2CC2)[n+]1O. The highest BCUT2D eigenvalue weighted by atomic mass is 16.5. The van der Waals surface area contributed by atoms with Gasteiger partial charge in [-0.05, 0) is 50.7 Å². The third-order valence-corrected chi connectivity index (χ3v) is 5.78. The van der Waals surface area contributed by atoms with Crippen LogP contribution in [-0.2, 0) is 4.74 Å². The van der Waals surface area contributed by atoms with Gasteiger partial charge < -0.3 is 25.9 Å². The van der Waals surface area contributed by atoms with E-state index in [2.05, 4.69) is 10.6 Å². The first-order chi connectivity index (χ1) is 14.9. The Balaban J connectivity index is 1.53. The number of aromatic nitrogens is 1. The van der Waals surface area contributed by atoms with Crippen molar-refractivity contribution < 1.29 is 24.6 Å². The molecule has 1 aromatic rings. The van der Waals surface area contributed by atoms with Crippen molar-refractivity contribution in [3.05, 3.63) is 65.0 Å². The monoisotopic (exact) mass is 425 g/mol. The van der Waals surface area contributed by atoms with Crippen LogP contribution in [0.5, 0.6) is 0 Å². The van der Waals surface area contributed by atoms with E-state index in [9.17, 15) is 15.1 Å². The van der Waals surface area contributed by atoms with Gasteiger partial charge in [0.05, 0.1) is 23.6 Å². The maximum atomic E-state index is 12.8. The summed E-state index contributed by atoms with van der Waals surface area (Å²) in [5.41, 5.74) is 2.04. The normalized spacial score (nSPS) is 25.0. The van der Waals surface area contributed by atoms with Gasteiger partial charge in [-0.1, -0.05) is 0 Å². The molecule has 0 aromatic carbocycles. The van der Waals surface area contributed by atoms with Gasteiger partial charge in [0, 0.05) is 47.7 Å². The highest BCUT2D eigenvalue weighted by Crippen LogP contribution is 2.30. The van der Waals surface area contributed by atoms with Crippen LogP contribution in [0.3, 0.4) is 0 Å². The molecule has 0 saturated heterocycles. The van der Waals surface area contributed by atoms with Crippen LogP contribution >= 0.6 is 0 Å². The van der Waals surface area contributed by atoms with Crippen LogP contribution in [0.15, 0.2) is 53.6 Å². The second-order valence-corrected chi connectivity index (χ2v) is 8.39. The van der Waals surface area contributed by atoms with Gasteiger partial charge in [-0.3, -0.25) is 10.0 Å². The van der Waals surface area contributed by atoms with Crippen LogP contribution in [0.4, 0.5) is 0 Å². The number of carbonyl (C=O) groups is 1. The number of amides is 1. The average molecular weight is 426 g/mol. The number of pyridine rings is 1. The summed E-state index contributed by atoms with van der Waals surface area (Å²) in [6.45, 7) is 1.70. The molecule has 4 rings (SSSR count). The maximum Gasteiger partial charge on any atom is 0.325 e. The molecule has 164 valence electrons. The minimum absolute atomic E-state index is 0.108. The van der Waals surface area contributed by atoms with Gasteiger partial charge in [0.25, 0.3) is 0 Å². The lowest BCUT2D eigenvalue weighted by Crippen LogP contribution is -2.44. The summed E-state index contributed by atoms with van der Waals surface area (Å²) in [7, 11) is 0. The number of carbonyl (C=O) groups excluding carboxylic acids is 1. The molecule has 0 atom stereocenters. The molecule has 0 aliphatic heterocycles. The summed E-state index contributed by atoms with van der Waals surface area (Å²) >= 11 is 0. The Morgan fingerprint density at radius 2 is 1.94 bits per heavy atom. The van der Waals surface area contributed by atoms with E-state index in [4.69, 9.17) is 10.1 Å². The summed E-state index contributed by atoms with van der Waals surface area (Å²) in [4.78, 5) is 12.8. The Labute approximate surface area is 181 Å². The fourth-order valence-electron chi connectivity index (χ4n) is 3.69. The van der Waals surface area contributed by atoms with Crippen LogP contribution in [0.25, 0.3) is 0 Å². The predicted molar refractivity (Wildman–Crippen MR) is 114 cm³/mol. The zero-order valence-corrected chi connectivity index (χ0v) is 17.6. The summed E-state index contributed by atoms with van der Waals surface area (Å²) in [6.07, 6.45) is 10.2. The van der Waals surface area contributed by atoms with Crippen LogP contribution in [0.1, 0.15) is 54.7 Å². The first kappa shape index (κ1) is 21.1. The minimum atomic E-state index is -0.468. The van der Waals surface area contributed by atoms with E-state index in [1.54, 1.807) is 37.4 Å². The van der Waals surface area contributed by atoms with Crippen LogP contribution in [0.2, 0.25) is 0 Å². The van der Waals surface area contributed by atoms with Gasteiger partial charge >= 0.3 is 11.6 Å². The molecule has 0 bridgehead atoms. The Kier molecular flexibility index (Phi) is 6.08. The van der Waals surface area contributed by atoms with Crippen molar-refractivity contribution in [2.24, 2.45) is 0 Å². The number of aryl methyl sites for hydroxylation is 1. The van der Waals surface area contributed by atoms with Gasteiger partial charge in [0.1, 0.15) is 5.76 Å². The maximum absolute atomic E-state index is 12.8. The van der Waals surface area contributed by atoms with Crippen molar-refractivity contribution in [1.82, 2.24) is 10.6 Å². The number of nitrogens with zero attached hydrogens (tertiary/aromatic N) is 1. The summed E-state index contributed by atoms with van der Waals surface area (Å²) in [5, 5.41) is 34.4. The number of nitrogens with one attached hydrogen (secondary N) is 3. The van der Waals surface area contributed by atoms with Crippen molar-refractivity contribution in [3.63, 3.8) is 0 Å². The number of hydrogen-bond acceptors (Lipinski definition) is 6. The van der Waals surface area contributed by atoms with Gasteiger partial charge in [0.2, 0.25) is 5.69 Å². The quantitative estimate of drug-likeness (QED) is 0.353. The molecule has 31 heavy (non-hydrogen) atoms. The van der Waals surface area contributed by atoms with Crippen LogP contribution < -0.4 is 15.4 Å². The van der Waals surface area contributed by atoms with Gasteiger partial charge in [0.15, 0.2) is 0 Å². The highest BCUT2D eigenvalue weighted by molar-refractivity contribution is 6.10. The molecule has 2 fully saturated rings. The first-order valence-electron chi connectivity index (χ1n) is 10.8. The van der Waals surface area contributed by atoms with Crippen molar-refractivity contribution in [2.45, 2.75) is 63.7 Å². The lowest BCUT2D eigenvalue weighted by molar-refractivity contribution is -0.909. The topological polar surface area (TPSA) is 119 Å². The highest BCUT2D eigenvalue weighted by Gasteiger charge is 2.30. The van der Waals surface area contributed by atoms with Crippen LogP contribution in [0, 0.1) is 12.3 Å². The first-order valence-corrected chi connectivity index (χ1v) is 10.8. The molecule has 1 aromatic heterocycles. The Hall–Kier alpha value is -3.13. The Morgan fingerprint density at radius 3 is 2.65 bits per heavy atom. The van der Waals surface area contributed by atoms with E-state index in [1.165, 1.54) is 6.07 Å². The molecule has 5 N–H and O–H groups in total. The third-order valence-electron chi connectivity index (χ3n) is 5.78. The van der Waals surface area contributed by atoms with E-state index < -0.39 is 5.91 Å². The molecule has 0 radical (unpaired) electrons. The molecule has 8 nitrogen and oxygen atoms in total. The number of ether oxygens (including phenoxy) is 1. The molecule has 1 amide bonds. The van der Waals surface area contributed by atoms with Gasteiger partial charge in [-0.25, -0.2) is 0 Å². The smallest absolute Gasteiger partial charge is 0.325 e. The Morgan fingerprint density at radius 1 is 1.19 bits per heavy atom. The van der Waals surface area contributed by atoms with Crippen LogP contribution in [-0.4, -0.2) is 40.2 Å². The summed E-state index contributed by atoms with van der Waals surface area (Å²) in [5.74, 6) is -0.0133. The van der Waals surface area contributed by atoms with E-state index in [-0.39, 0.29) is 23.9 Å². The second kappa shape index (κ2) is 8.93. The van der Waals surface area contributed by atoms with Crippen molar-refractivity contribution in [1.29, 1.82) is 5.41 Å². The van der Waals surface area contributed by atoms with Gasteiger partial charge in [-0.2, -0.15) is 0 Å². The zero-order valence-electron chi connectivity index (χ0n) is 17.6. The van der Waals surface area contributed by atoms with Gasteiger partial charge in [-0.15, -0.1) is 0 Å². The number of hydrogen-bond donors (Lipinski definition) is 5. The largest absolute Gasteiger partial charge is 0.488 e. The fraction of sp³-hybridized carbons (Fsp3) is 0.435. The van der Waals surface area contributed by atoms with E-state index in [0.29, 0.717) is 28.4 Å². The predicted octanol–water partition coefficient (Wildman–Crippen LogP) is 2.01. The standard InChI is InChI=1S/C23H28N4O4/c1-14-3-2-4-21(27(14)30)23(29)26-20-11-15(13-25-16-5-7-17(28)8-6-16)19(24)12-22(20)31-18-9-10-18/h2-4,11-13,16-18,24,28-30H,5-10H2,1H3/p+1/t16-,17-. The molecular weight excluding hydrogens is 396 g/mol. The van der Waals surface area contributed by atoms with E-state index in [0.717, 1.165) is 43.3 Å². The van der Waals surface area contributed by atoms with E-state index in [1.807, 2.05) is 0 Å². The van der Waals surface area contributed by atoms with E-state index >= 15 is 0 Å². The molecule has 1 heterocycles. The number of allylic oxidation sites excluding steroid dienone is 3. The molecule has 0 spiro atoms.